The maximum absolute atomic E-state index is 13.4. The quantitative estimate of drug-likeness (QED) is 0.794. The zero-order valence-corrected chi connectivity index (χ0v) is 15.4. The third-order valence-corrected chi connectivity index (χ3v) is 6.09. The summed E-state index contributed by atoms with van der Waals surface area (Å²) >= 11 is 5.94. The highest BCUT2D eigenvalue weighted by Crippen LogP contribution is 2.52. The van der Waals surface area contributed by atoms with Gasteiger partial charge in [-0.05, 0) is 41.5 Å². The number of anilines is 1. The summed E-state index contributed by atoms with van der Waals surface area (Å²) in [4.78, 5) is 41.9. The van der Waals surface area contributed by atoms with Crippen LogP contribution in [0, 0.1) is 11.8 Å². The topological polar surface area (TPSA) is 83.7 Å². The van der Waals surface area contributed by atoms with Crippen LogP contribution in [0.25, 0.3) is 6.08 Å². The number of imide groups is 1. The van der Waals surface area contributed by atoms with Crippen LogP contribution in [0.15, 0.2) is 54.7 Å². The van der Waals surface area contributed by atoms with E-state index in [-0.39, 0.29) is 5.91 Å². The molecule has 0 bridgehead atoms. The molecule has 4 atom stereocenters. The Bertz CT molecular complexity index is 1050. The van der Waals surface area contributed by atoms with Gasteiger partial charge in [0.05, 0.1) is 23.6 Å². The molecule has 2 saturated heterocycles. The van der Waals surface area contributed by atoms with E-state index in [2.05, 4.69) is 0 Å². The molecule has 140 valence electrons. The summed E-state index contributed by atoms with van der Waals surface area (Å²) in [5.41, 5.74) is 8.02. The fraction of sp³-hybridized carbons (Fsp3) is 0.190. The van der Waals surface area contributed by atoms with E-state index in [0.29, 0.717) is 10.7 Å². The predicted octanol–water partition coefficient (Wildman–Crippen LogP) is 2.34. The molecule has 7 heteroatoms. The third kappa shape index (κ3) is 2.18. The minimum Gasteiger partial charge on any atom is -0.368 e. The number of halogens is 1. The number of nitrogens with zero attached hydrogens (tertiary/aromatic N) is 2. The summed E-state index contributed by atoms with van der Waals surface area (Å²) in [6.45, 7) is 0. The van der Waals surface area contributed by atoms with Crippen molar-refractivity contribution in [3.8, 4) is 0 Å². The Morgan fingerprint density at radius 2 is 1.64 bits per heavy atom. The number of carbonyl (C=O) groups is 3. The van der Waals surface area contributed by atoms with Crippen LogP contribution in [-0.4, -0.2) is 28.7 Å². The van der Waals surface area contributed by atoms with Gasteiger partial charge in [-0.3, -0.25) is 14.4 Å². The number of fused-ring (bicyclic) bond motifs is 5. The largest absolute Gasteiger partial charge is 0.368 e. The first-order valence-corrected chi connectivity index (χ1v) is 9.34. The van der Waals surface area contributed by atoms with Crippen LogP contribution in [0.1, 0.15) is 17.2 Å². The first-order chi connectivity index (χ1) is 13.5. The van der Waals surface area contributed by atoms with Crippen molar-refractivity contribution in [2.45, 2.75) is 12.1 Å². The first-order valence-electron chi connectivity index (χ1n) is 8.96. The molecule has 3 amide bonds. The van der Waals surface area contributed by atoms with Gasteiger partial charge in [0.1, 0.15) is 6.04 Å². The molecule has 6 nitrogen and oxygen atoms in total. The maximum Gasteiger partial charge on any atom is 0.240 e. The highest BCUT2D eigenvalue weighted by atomic mass is 35.5. The SMILES string of the molecule is NC(=O)[C@@H]1[C@@H]2C(=O)N(c3ccc(Cl)cc3)C(=O)[C@H]2[C@@H]2c3ccccc3C=CN12. The zero-order valence-electron chi connectivity index (χ0n) is 14.7. The number of carbonyl (C=O) groups excluding carboxylic acids is 3. The van der Waals surface area contributed by atoms with Crippen LogP contribution >= 0.6 is 11.6 Å². The highest BCUT2D eigenvalue weighted by Gasteiger charge is 2.64. The van der Waals surface area contributed by atoms with Crippen molar-refractivity contribution in [3.63, 3.8) is 0 Å². The van der Waals surface area contributed by atoms with Gasteiger partial charge in [0.2, 0.25) is 17.7 Å². The Balaban J connectivity index is 1.65. The third-order valence-electron chi connectivity index (χ3n) is 5.84. The summed E-state index contributed by atoms with van der Waals surface area (Å²) in [6.07, 6.45) is 3.66. The summed E-state index contributed by atoms with van der Waals surface area (Å²) in [5.74, 6) is -2.82. The van der Waals surface area contributed by atoms with Gasteiger partial charge in [-0.15, -0.1) is 0 Å². The van der Waals surface area contributed by atoms with E-state index < -0.39 is 35.7 Å². The molecule has 0 aliphatic carbocycles. The van der Waals surface area contributed by atoms with Crippen molar-refractivity contribution >= 4 is 41.1 Å². The molecule has 5 rings (SSSR count). The van der Waals surface area contributed by atoms with Crippen molar-refractivity contribution < 1.29 is 14.4 Å². The van der Waals surface area contributed by atoms with Gasteiger partial charge in [0, 0.05) is 11.2 Å². The van der Waals surface area contributed by atoms with E-state index in [9.17, 15) is 14.4 Å². The molecule has 0 saturated carbocycles. The molecule has 0 aromatic heterocycles. The Labute approximate surface area is 166 Å². The minimum absolute atomic E-state index is 0.318. The van der Waals surface area contributed by atoms with Gasteiger partial charge >= 0.3 is 0 Å². The minimum atomic E-state index is -0.867. The average molecular weight is 394 g/mol. The van der Waals surface area contributed by atoms with Crippen LogP contribution in [0.2, 0.25) is 5.02 Å². The molecule has 0 radical (unpaired) electrons. The van der Waals surface area contributed by atoms with Gasteiger partial charge in [0.15, 0.2) is 0 Å². The number of primary amides is 1. The molecule has 2 aromatic carbocycles. The first kappa shape index (κ1) is 17.0. The van der Waals surface area contributed by atoms with Crippen molar-refractivity contribution in [3.05, 3.63) is 70.9 Å². The van der Waals surface area contributed by atoms with Crippen LogP contribution < -0.4 is 10.6 Å². The van der Waals surface area contributed by atoms with Crippen LogP contribution in [-0.2, 0) is 14.4 Å². The standard InChI is InChI=1S/C21H16ClN3O3/c22-12-5-7-13(8-6-12)25-20(27)15-16(21(25)28)18(19(23)26)24-10-9-11-3-1-2-4-14(11)17(15)24/h1-10,15-18H,(H2,23,26)/t15-,16-,17+,18+/m1/s1. The van der Waals surface area contributed by atoms with Crippen molar-refractivity contribution in [2.75, 3.05) is 4.90 Å². The van der Waals surface area contributed by atoms with Gasteiger partial charge in [-0.1, -0.05) is 35.9 Å². The Hall–Kier alpha value is -3.12. The number of hydrogen-bond acceptors (Lipinski definition) is 4. The van der Waals surface area contributed by atoms with Crippen LogP contribution in [0.4, 0.5) is 5.69 Å². The zero-order chi connectivity index (χ0) is 19.6. The molecule has 0 spiro atoms. The van der Waals surface area contributed by atoms with Gasteiger partial charge in [0.25, 0.3) is 0 Å². The fourth-order valence-corrected chi connectivity index (χ4v) is 4.85. The second-order valence-electron chi connectivity index (χ2n) is 7.22. The summed E-state index contributed by atoms with van der Waals surface area (Å²) in [5, 5.41) is 0.510. The highest BCUT2D eigenvalue weighted by molar-refractivity contribution is 6.31. The van der Waals surface area contributed by atoms with E-state index in [1.807, 2.05) is 30.3 Å². The number of hydrogen-bond donors (Lipinski definition) is 1. The lowest BCUT2D eigenvalue weighted by Gasteiger charge is -2.34. The van der Waals surface area contributed by atoms with E-state index >= 15 is 0 Å². The molecule has 3 heterocycles. The van der Waals surface area contributed by atoms with Crippen LogP contribution in [0.5, 0.6) is 0 Å². The van der Waals surface area contributed by atoms with Crippen LogP contribution in [0.3, 0.4) is 0 Å². The Morgan fingerprint density at radius 1 is 0.964 bits per heavy atom. The molecule has 2 N–H and O–H groups in total. The maximum atomic E-state index is 13.4. The lowest BCUT2D eigenvalue weighted by molar-refractivity contribution is -0.129. The van der Waals surface area contributed by atoms with Crippen molar-refractivity contribution in [2.24, 2.45) is 17.6 Å². The summed E-state index contributed by atoms with van der Waals surface area (Å²) in [6, 6.07) is 12.9. The van der Waals surface area contributed by atoms with E-state index in [4.69, 9.17) is 17.3 Å². The Kier molecular flexibility index (Phi) is 3.61. The fourth-order valence-electron chi connectivity index (χ4n) is 4.73. The van der Waals surface area contributed by atoms with E-state index in [1.165, 1.54) is 4.90 Å². The van der Waals surface area contributed by atoms with Gasteiger partial charge < -0.3 is 10.6 Å². The number of benzene rings is 2. The number of rotatable bonds is 2. The average Bonchev–Trinajstić information content (AvgIpc) is 3.16. The number of nitrogens with two attached hydrogens (primary N) is 1. The van der Waals surface area contributed by atoms with E-state index in [0.717, 1.165) is 11.1 Å². The summed E-state index contributed by atoms with van der Waals surface area (Å²) in [7, 11) is 0. The molecule has 2 fully saturated rings. The van der Waals surface area contributed by atoms with Crippen molar-refractivity contribution in [1.82, 2.24) is 4.90 Å². The Morgan fingerprint density at radius 3 is 2.36 bits per heavy atom. The molecule has 28 heavy (non-hydrogen) atoms. The second-order valence-corrected chi connectivity index (χ2v) is 7.66. The lowest BCUT2D eigenvalue weighted by atomic mass is 9.84. The van der Waals surface area contributed by atoms with Crippen molar-refractivity contribution in [1.29, 1.82) is 0 Å². The number of amides is 3. The molecule has 0 unspecified atom stereocenters. The normalized spacial score (nSPS) is 27.6. The second kappa shape index (κ2) is 5.94. The molecule has 3 aliphatic heterocycles. The van der Waals surface area contributed by atoms with Gasteiger partial charge in [-0.2, -0.15) is 0 Å². The lowest BCUT2D eigenvalue weighted by Crippen LogP contribution is -2.46. The molecule has 3 aliphatic rings. The smallest absolute Gasteiger partial charge is 0.240 e. The predicted molar refractivity (Wildman–Crippen MR) is 104 cm³/mol. The van der Waals surface area contributed by atoms with E-state index in [1.54, 1.807) is 35.4 Å². The summed E-state index contributed by atoms with van der Waals surface area (Å²) < 4.78 is 0. The molecule has 2 aromatic rings. The molecular weight excluding hydrogens is 378 g/mol. The monoisotopic (exact) mass is 393 g/mol. The molecular formula is C21H16ClN3O3. The van der Waals surface area contributed by atoms with Gasteiger partial charge in [-0.25, -0.2) is 4.90 Å².